The van der Waals surface area contributed by atoms with Gasteiger partial charge in [0.2, 0.25) is 5.91 Å². The minimum Gasteiger partial charge on any atom is -0.457 e. The van der Waals surface area contributed by atoms with Gasteiger partial charge in [0.05, 0.1) is 5.25 Å². The highest BCUT2D eigenvalue weighted by Gasteiger charge is 2.40. The van der Waals surface area contributed by atoms with Crippen LogP contribution in [-0.2, 0) is 11.0 Å². The van der Waals surface area contributed by atoms with Crippen molar-refractivity contribution in [3.05, 3.63) is 77.1 Å². The molecule has 4 rings (SSSR count). The first-order chi connectivity index (χ1) is 16.6. The van der Waals surface area contributed by atoms with Crippen LogP contribution in [0.4, 0.5) is 17.6 Å². The molecule has 9 heteroatoms. The molecule has 2 aliphatic rings. The standard InChI is InChI=1S/C24H19F4NO2S2.C2H6/c1-13(21-22(30)29-23(32)33-21)15-11-18(14-6-5-7-16(25)10-14)20(24(26,27)28)19(12-15)31-17-8-3-2-4-9-17;1-2/h2-4,6,8-13,21H,5,7H2,1H3,(H,29,30,32);1-2H3. The van der Waals surface area contributed by atoms with Gasteiger partial charge in [0.25, 0.3) is 0 Å². The fourth-order valence-electron chi connectivity index (χ4n) is 3.84. The molecule has 186 valence electrons. The molecule has 1 N–H and O–H groups in total. The van der Waals surface area contributed by atoms with Gasteiger partial charge in [-0.05, 0) is 53.5 Å². The van der Waals surface area contributed by atoms with Crippen molar-refractivity contribution in [2.45, 2.75) is 51.0 Å². The van der Waals surface area contributed by atoms with Gasteiger partial charge in [0.15, 0.2) is 0 Å². The molecule has 1 saturated heterocycles. The van der Waals surface area contributed by atoms with Gasteiger partial charge in [-0.1, -0.05) is 69.0 Å². The van der Waals surface area contributed by atoms with Crippen LogP contribution < -0.4 is 10.1 Å². The van der Waals surface area contributed by atoms with E-state index in [1.54, 1.807) is 43.3 Å². The van der Waals surface area contributed by atoms with Gasteiger partial charge < -0.3 is 10.1 Å². The van der Waals surface area contributed by atoms with Crippen molar-refractivity contribution >= 4 is 39.8 Å². The number of halogens is 4. The summed E-state index contributed by atoms with van der Waals surface area (Å²) in [5, 5.41) is 1.97. The van der Waals surface area contributed by atoms with Crippen LogP contribution in [0.1, 0.15) is 56.2 Å². The van der Waals surface area contributed by atoms with Crippen LogP contribution in [0, 0.1) is 0 Å². The van der Waals surface area contributed by atoms with Crippen molar-refractivity contribution in [3.8, 4) is 11.5 Å². The van der Waals surface area contributed by atoms with Crippen LogP contribution in [0.25, 0.3) is 5.57 Å². The molecule has 35 heavy (non-hydrogen) atoms. The second-order valence-electron chi connectivity index (χ2n) is 7.75. The van der Waals surface area contributed by atoms with E-state index in [9.17, 15) is 22.4 Å². The third kappa shape index (κ3) is 6.32. The van der Waals surface area contributed by atoms with E-state index in [-0.39, 0.29) is 29.2 Å². The van der Waals surface area contributed by atoms with E-state index in [4.69, 9.17) is 17.0 Å². The van der Waals surface area contributed by atoms with Crippen LogP contribution in [0.5, 0.6) is 11.5 Å². The van der Waals surface area contributed by atoms with E-state index in [0.717, 1.165) is 17.8 Å². The van der Waals surface area contributed by atoms with Crippen LogP contribution in [0.2, 0.25) is 0 Å². The first kappa shape index (κ1) is 26.9. The van der Waals surface area contributed by atoms with Crippen LogP contribution in [-0.4, -0.2) is 15.5 Å². The van der Waals surface area contributed by atoms with E-state index in [2.05, 4.69) is 5.32 Å². The molecule has 0 radical (unpaired) electrons. The summed E-state index contributed by atoms with van der Waals surface area (Å²) in [5.74, 6) is -1.44. The van der Waals surface area contributed by atoms with Gasteiger partial charge in [-0.25, -0.2) is 4.39 Å². The van der Waals surface area contributed by atoms with Gasteiger partial charge in [-0.2, -0.15) is 13.2 Å². The molecule has 1 heterocycles. The minimum atomic E-state index is -4.76. The topological polar surface area (TPSA) is 38.3 Å². The zero-order chi connectivity index (χ0) is 25.8. The Morgan fingerprint density at radius 1 is 1.17 bits per heavy atom. The zero-order valence-electron chi connectivity index (χ0n) is 19.4. The Balaban J connectivity index is 0.00000167. The Bertz CT molecular complexity index is 1160. The largest absolute Gasteiger partial charge is 0.457 e. The van der Waals surface area contributed by atoms with Crippen molar-refractivity contribution in [2.24, 2.45) is 0 Å². The highest BCUT2D eigenvalue weighted by Crippen LogP contribution is 2.46. The van der Waals surface area contributed by atoms with Crippen molar-refractivity contribution in [1.29, 1.82) is 0 Å². The van der Waals surface area contributed by atoms with E-state index in [1.807, 2.05) is 13.8 Å². The Hall–Kier alpha value is -2.65. The summed E-state index contributed by atoms with van der Waals surface area (Å²) in [6, 6.07) is 10.8. The van der Waals surface area contributed by atoms with Gasteiger partial charge >= 0.3 is 6.18 Å². The molecule has 0 aromatic heterocycles. The van der Waals surface area contributed by atoms with E-state index in [0.29, 0.717) is 16.3 Å². The lowest BCUT2D eigenvalue weighted by molar-refractivity contribution is -0.138. The Morgan fingerprint density at radius 2 is 1.86 bits per heavy atom. The summed E-state index contributed by atoms with van der Waals surface area (Å²) in [5.41, 5.74) is -0.573. The summed E-state index contributed by atoms with van der Waals surface area (Å²) in [7, 11) is 0. The number of nitrogens with one attached hydrogen (secondary N) is 1. The fourth-order valence-corrected chi connectivity index (χ4v) is 5.17. The Morgan fingerprint density at radius 3 is 2.43 bits per heavy atom. The number of benzene rings is 2. The van der Waals surface area contributed by atoms with E-state index in [1.165, 1.54) is 12.1 Å². The molecule has 2 aromatic rings. The molecule has 2 unspecified atom stereocenters. The lowest BCUT2D eigenvalue weighted by Gasteiger charge is -2.24. The van der Waals surface area contributed by atoms with Crippen LogP contribution in [0.15, 0.2) is 60.4 Å². The summed E-state index contributed by atoms with van der Waals surface area (Å²) in [4.78, 5) is 12.3. The average molecular weight is 524 g/mol. The lowest BCUT2D eigenvalue weighted by Crippen LogP contribution is -2.27. The highest BCUT2D eigenvalue weighted by molar-refractivity contribution is 8.24. The highest BCUT2D eigenvalue weighted by atomic mass is 32.2. The molecule has 3 nitrogen and oxygen atoms in total. The summed E-state index contributed by atoms with van der Waals surface area (Å²) >= 11 is 6.22. The zero-order valence-corrected chi connectivity index (χ0v) is 21.0. The summed E-state index contributed by atoms with van der Waals surface area (Å²) in [6.45, 7) is 5.75. The number of hydrogen-bond acceptors (Lipinski definition) is 4. The second kappa shape index (κ2) is 11.4. The van der Waals surface area contributed by atoms with E-state index < -0.39 is 34.5 Å². The number of hydrogen-bond donors (Lipinski definition) is 1. The molecule has 2 aromatic carbocycles. The van der Waals surface area contributed by atoms with Gasteiger partial charge in [-0.3, -0.25) is 4.79 Å². The first-order valence-corrected chi connectivity index (χ1v) is 12.5. The molecule has 1 amide bonds. The Kier molecular flexibility index (Phi) is 8.77. The van der Waals surface area contributed by atoms with Gasteiger partial charge in [-0.15, -0.1) is 0 Å². The van der Waals surface area contributed by atoms with Gasteiger partial charge in [0, 0.05) is 12.3 Å². The monoisotopic (exact) mass is 523 g/mol. The number of alkyl halides is 3. The molecular weight excluding hydrogens is 498 g/mol. The second-order valence-corrected chi connectivity index (χ2v) is 9.57. The number of para-hydroxylation sites is 1. The molecule has 2 atom stereocenters. The molecule has 0 bridgehead atoms. The first-order valence-electron chi connectivity index (χ1n) is 11.2. The number of thiocarbonyl (C=S) groups is 1. The fraction of sp³-hybridized carbons (Fsp3) is 0.308. The number of amides is 1. The Labute approximate surface area is 211 Å². The number of thioether (sulfide) groups is 1. The maximum atomic E-state index is 14.3. The molecule has 1 aliphatic heterocycles. The number of carbonyl (C=O) groups is 1. The smallest absolute Gasteiger partial charge is 0.420 e. The average Bonchev–Trinajstić information content (AvgIpc) is 3.17. The predicted octanol–water partition coefficient (Wildman–Crippen LogP) is 8.17. The van der Waals surface area contributed by atoms with E-state index >= 15 is 0 Å². The number of allylic oxidation sites excluding steroid dienone is 4. The van der Waals surface area contributed by atoms with Crippen molar-refractivity contribution < 1.29 is 27.1 Å². The molecule has 0 spiro atoms. The SMILES string of the molecule is CC.CC(c1cc(Oc2ccccc2)c(C(F)(F)F)c(C2=CCCC(F)=C2)c1)C1SC(=S)NC1=O. The number of rotatable bonds is 5. The van der Waals surface area contributed by atoms with Crippen LogP contribution in [0.3, 0.4) is 0 Å². The molecular formula is C26H25F4NO2S2. The molecule has 1 fully saturated rings. The summed E-state index contributed by atoms with van der Waals surface area (Å²) < 4.78 is 63.0. The number of carbonyl (C=O) groups excluding carboxylic acids is 1. The maximum absolute atomic E-state index is 14.3. The maximum Gasteiger partial charge on any atom is 0.420 e. The lowest BCUT2D eigenvalue weighted by atomic mass is 9.88. The van der Waals surface area contributed by atoms with Crippen LogP contribution >= 0.6 is 24.0 Å². The molecule has 1 aliphatic carbocycles. The van der Waals surface area contributed by atoms with Crippen molar-refractivity contribution in [1.82, 2.24) is 5.32 Å². The van der Waals surface area contributed by atoms with Crippen molar-refractivity contribution in [2.75, 3.05) is 0 Å². The normalized spacial score (nSPS) is 18.7. The minimum absolute atomic E-state index is 0.136. The van der Waals surface area contributed by atoms with Crippen molar-refractivity contribution in [3.63, 3.8) is 0 Å². The number of ether oxygens (including phenoxy) is 1. The third-order valence-electron chi connectivity index (χ3n) is 5.45. The summed E-state index contributed by atoms with van der Waals surface area (Å²) in [6.07, 6.45) is -1.62. The predicted molar refractivity (Wildman–Crippen MR) is 136 cm³/mol. The third-order valence-corrected chi connectivity index (χ3v) is 7.03. The van der Waals surface area contributed by atoms with Gasteiger partial charge in [0.1, 0.15) is 27.2 Å². The quantitative estimate of drug-likeness (QED) is 0.317. The molecule has 0 saturated carbocycles.